The third-order valence-electron chi connectivity index (χ3n) is 1.53. The minimum atomic E-state index is 0.303. The summed E-state index contributed by atoms with van der Waals surface area (Å²) in [6.07, 6.45) is 0.802. The summed E-state index contributed by atoms with van der Waals surface area (Å²) < 4.78 is 0.843. The normalized spacial score (nSPS) is 9.42. The van der Waals surface area contributed by atoms with Gasteiger partial charge < -0.3 is 5.73 Å². The highest BCUT2D eigenvalue weighted by molar-refractivity contribution is 9.10. The molecule has 0 atom stereocenters. The van der Waals surface area contributed by atoms with Crippen LogP contribution >= 0.6 is 15.9 Å². The van der Waals surface area contributed by atoms with Crippen molar-refractivity contribution in [2.45, 2.75) is 13.3 Å². The van der Waals surface area contributed by atoms with Gasteiger partial charge in [-0.15, -0.1) is 0 Å². The zero-order chi connectivity index (χ0) is 9.14. The van der Waals surface area contributed by atoms with Gasteiger partial charge in [-0.3, -0.25) is 0 Å². The summed E-state index contributed by atoms with van der Waals surface area (Å²) in [4.78, 5) is 4.07. The molecule has 0 bridgehead atoms. The van der Waals surface area contributed by atoms with Gasteiger partial charge in [-0.1, -0.05) is 6.92 Å². The third-order valence-corrected chi connectivity index (χ3v) is 2.22. The fraction of sp³-hybridized carbons (Fsp3) is 0.250. The van der Waals surface area contributed by atoms with Crippen molar-refractivity contribution < 1.29 is 0 Å². The summed E-state index contributed by atoms with van der Waals surface area (Å²) >= 11 is 3.31. The fourth-order valence-corrected chi connectivity index (χ4v) is 1.48. The monoisotopic (exact) mass is 225 g/mol. The lowest BCUT2D eigenvalue weighted by Gasteiger charge is -2.02. The number of nitrogen functional groups attached to an aromatic ring is 1. The molecule has 0 saturated carbocycles. The second-order valence-electron chi connectivity index (χ2n) is 2.32. The zero-order valence-electron chi connectivity index (χ0n) is 6.63. The summed E-state index contributed by atoms with van der Waals surface area (Å²) in [6, 6.07) is 3.67. The number of pyridine rings is 1. The lowest BCUT2D eigenvalue weighted by atomic mass is 10.2. The van der Waals surface area contributed by atoms with Crippen LogP contribution in [0.2, 0.25) is 0 Å². The molecule has 0 aliphatic heterocycles. The summed E-state index contributed by atoms with van der Waals surface area (Å²) in [7, 11) is 0. The molecule has 0 fully saturated rings. The lowest BCUT2D eigenvalue weighted by molar-refractivity contribution is 1.02. The van der Waals surface area contributed by atoms with Gasteiger partial charge in [0.15, 0.2) is 0 Å². The number of aryl methyl sites for hydroxylation is 1. The average Bonchev–Trinajstić information content (AvgIpc) is 2.08. The Bertz CT molecular complexity index is 340. The Hall–Kier alpha value is -1.08. The first kappa shape index (κ1) is 9.01. The highest BCUT2D eigenvalue weighted by atomic mass is 79.9. The molecule has 0 aliphatic rings. The van der Waals surface area contributed by atoms with Crippen LogP contribution in [0.4, 0.5) is 5.82 Å². The molecule has 0 amide bonds. The van der Waals surface area contributed by atoms with Gasteiger partial charge in [-0.25, -0.2) is 4.98 Å². The molecular formula is C8H8BrN3. The maximum absolute atomic E-state index is 8.62. The largest absolute Gasteiger partial charge is 0.383 e. The van der Waals surface area contributed by atoms with Gasteiger partial charge in [-0.2, -0.15) is 5.26 Å². The fourth-order valence-electron chi connectivity index (χ4n) is 0.880. The first-order chi connectivity index (χ1) is 5.69. The smallest absolute Gasteiger partial charge is 0.141 e. The SMILES string of the molecule is CCc1nc(N)c(C#N)cc1Br. The third kappa shape index (κ3) is 1.56. The van der Waals surface area contributed by atoms with E-state index in [1.807, 2.05) is 13.0 Å². The van der Waals surface area contributed by atoms with Crippen LogP contribution in [0.3, 0.4) is 0 Å². The van der Waals surface area contributed by atoms with E-state index >= 15 is 0 Å². The molecule has 0 spiro atoms. The topological polar surface area (TPSA) is 62.7 Å². The predicted octanol–water partition coefficient (Wildman–Crippen LogP) is 1.86. The maximum Gasteiger partial charge on any atom is 0.141 e. The zero-order valence-corrected chi connectivity index (χ0v) is 8.22. The standard InChI is InChI=1S/C8H8BrN3/c1-2-7-6(9)3-5(4-10)8(11)12-7/h3H,2H2,1H3,(H2,11,12). The van der Waals surface area contributed by atoms with Crippen molar-refractivity contribution in [1.82, 2.24) is 4.98 Å². The minimum Gasteiger partial charge on any atom is -0.383 e. The van der Waals surface area contributed by atoms with Crippen LogP contribution in [0, 0.1) is 11.3 Å². The first-order valence-corrected chi connectivity index (χ1v) is 4.33. The Morgan fingerprint density at radius 1 is 1.75 bits per heavy atom. The Morgan fingerprint density at radius 3 is 2.92 bits per heavy atom. The van der Waals surface area contributed by atoms with Gasteiger partial charge in [0.05, 0.1) is 11.3 Å². The summed E-state index contributed by atoms with van der Waals surface area (Å²) in [5.74, 6) is 0.303. The van der Waals surface area contributed by atoms with E-state index in [9.17, 15) is 0 Å². The molecule has 0 unspecified atom stereocenters. The van der Waals surface area contributed by atoms with Crippen LogP contribution in [-0.4, -0.2) is 4.98 Å². The van der Waals surface area contributed by atoms with E-state index in [1.54, 1.807) is 6.07 Å². The Morgan fingerprint density at radius 2 is 2.42 bits per heavy atom. The summed E-state index contributed by atoms with van der Waals surface area (Å²) in [5, 5.41) is 8.62. The second-order valence-corrected chi connectivity index (χ2v) is 3.17. The maximum atomic E-state index is 8.62. The van der Waals surface area contributed by atoms with Crippen LogP contribution in [0.15, 0.2) is 10.5 Å². The van der Waals surface area contributed by atoms with Crippen molar-refractivity contribution in [1.29, 1.82) is 5.26 Å². The molecule has 0 radical (unpaired) electrons. The van der Waals surface area contributed by atoms with E-state index < -0.39 is 0 Å². The Balaban J connectivity index is 3.28. The molecule has 1 rings (SSSR count). The Kier molecular flexibility index (Phi) is 2.66. The number of hydrogen-bond donors (Lipinski definition) is 1. The summed E-state index contributed by atoms with van der Waals surface area (Å²) in [5.41, 5.74) is 6.82. The molecule has 2 N–H and O–H groups in total. The molecular weight excluding hydrogens is 218 g/mol. The lowest BCUT2D eigenvalue weighted by Crippen LogP contribution is -1.99. The van der Waals surface area contributed by atoms with Crippen LogP contribution in [0.1, 0.15) is 18.2 Å². The molecule has 12 heavy (non-hydrogen) atoms. The van der Waals surface area contributed by atoms with Crippen LogP contribution < -0.4 is 5.73 Å². The van der Waals surface area contributed by atoms with Crippen LogP contribution in [-0.2, 0) is 6.42 Å². The number of aromatic nitrogens is 1. The van der Waals surface area contributed by atoms with E-state index in [-0.39, 0.29) is 0 Å². The number of nitrogens with zero attached hydrogens (tertiary/aromatic N) is 2. The molecule has 1 heterocycles. The number of anilines is 1. The molecule has 0 aliphatic carbocycles. The van der Waals surface area contributed by atoms with E-state index in [0.29, 0.717) is 11.4 Å². The van der Waals surface area contributed by atoms with Crippen molar-refractivity contribution in [2.75, 3.05) is 5.73 Å². The number of hydrogen-bond acceptors (Lipinski definition) is 3. The number of nitriles is 1. The highest BCUT2D eigenvalue weighted by Crippen LogP contribution is 2.20. The van der Waals surface area contributed by atoms with E-state index in [4.69, 9.17) is 11.0 Å². The molecule has 3 nitrogen and oxygen atoms in total. The van der Waals surface area contributed by atoms with Gasteiger partial charge in [0.1, 0.15) is 11.9 Å². The molecule has 0 aromatic carbocycles. The number of nitrogens with two attached hydrogens (primary N) is 1. The van der Waals surface area contributed by atoms with Crippen molar-refractivity contribution in [3.8, 4) is 6.07 Å². The first-order valence-electron chi connectivity index (χ1n) is 3.54. The van der Waals surface area contributed by atoms with Gasteiger partial charge in [0.2, 0.25) is 0 Å². The van der Waals surface area contributed by atoms with Gasteiger partial charge in [-0.05, 0) is 28.4 Å². The van der Waals surface area contributed by atoms with Gasteiger partial charge in [0, 0.05) is 4.47 Å². The second kappa shape index (κ2) is 3.55. The highest BCUT2D eigenvalue weighted by Gasteiger charge is 2.05. The average molecular weight is 226 g/mol. The van der Waals surface area contributed by atoms with E-state index in [2.05, 4.69) is 20.9 Å². The van der Waals surface area contributed by atoms with Crippen LogP contribution in [0.25, 0.3) is 0 Å². The Labute approximate surface area is 79.3 Å². The van der Waals surface area contributed by atoms with Crippen molar-refractivity contribution in [3.05, 3.63) is 21.8 Å². The summed E-state index contributed by atoms with van der Waals surface area (Å²) in [6.45, 7) is 1.98. The predicted molar refractivity (Wildman–Crippen MR) is 50.4 cm³/mol. The number of rotatable bonds is 1. The molecule has 1 aromatic rings. The molecule has 4 heteroatoms. The van der Waals surface area contributed by atoms with E-state index in [0.717, 1.165) is 16.6 Å². The molecule has 62 valence electrons. The van der Waals surface area contributed by atoms with Crippen molar-refractivity contribution >= 4 is 21.7 Å². The number of halogens is 1. The quantitative estimate of drug-likeness (QED) is 0.794. The molecule has 0 saturated heterocycles. The van der Waals surface area contributed by atoms with Crippen molar-refractivity contribution in [3.63, 3.8) is 0 Å². The van der Waals surface area contributed by atoms with Gasteiger partial charge >= 0.3 is 0 Å². The van der Waals surface area contributed by atoms with E-state index in [1.165, 1.54) is 0 Å². The van der Waals surface area contributed by atoms with Gasteiger partial charge in [0.25, 0.3) is 0 Å². The minimum absolute atomic E-state index is 0.303. The van der Waals surface area contributed by atoms with Crippen LogP contribution in [0.5, 0.6) is 0 Å². The molecule has 1 aromatic heterocycles. The van der Waals surface area contributed by atoms with Crippen molar-refractivity contribution in [2.24, 2.45) is 0 Å².